The molecule has 0 aliphatic carbocycles. The van der Waals surface area contributed by atoms with Crippen molar-refractivity contribution in [2.24, 2.45) is 0 Å². The lowest BCUT2D eigenvalue weighted by molar-refractivity contribution is 0.0708. The molecule has 25 heavy (non-hydrogen) atoms. The number of nitrogens with one attached hydrogen (secondary N) is 1. The maximum atomic E-state index is 12.9. The Balaban J connectivity index is 1.87. The number of amides is 3. The third kappa shape index (κ3) is 3.49. The highest BCUT2D eigenvalue weighted by Crippen LogP contribution is 2.26. The van der Waals surface area contributed by atoms with Gasteiger partial charge in [0.25, 0.3) is 5.91 Å². The molecule has 136 valence electrons. The Bertz CT molecular complexity index is 806. The molecule has 1 unspecified atom stereocenters. The average molecular weight is 365 g/mol. The van der Waals surface area contributed by atoms with Crippen molar-refractivity contribution < 1.29 is 18.0 Å². The summed E-state index contributed by atoms with van der Waals surface area (Å²) in [6, 6.07) is 4.85. The van der Waals surface area contributed by atoms with Gasteiger partial charge in [0.05, 0.1) is 11.5 Å². The van der Waals surface area contributed by atoms with Crippen molar-refractivity contribution in [1.29, 1.82) is 0 Å². The Labute approximate surface area is 147 Å². The van der Waals surface area contributed by atoms with Crippen LogP contribution >= 0.6 is 0 Å². The normalized spacial score (nSPS) is 22.1. The van der Waals surface area contributed by atoms with Crippen LogP contribution in [0, 0.1) is 6.92 Å². The van der Waals surface area contributed by atoms with Crippen LogP contribution < -0.4 is 10.2 Å². The fraction of sp³-hybridized carbons (Fsp3) is 0.529. The Morgan fingerprint density at radius 1 is 1.40 bits per heavy atom. The quantitative estimate of drug-likeness (QED) is 0.868. The molecule has 1 N–H and O–H groups in total. The van der Waals surface area contributed by atoms with Crippen LogP contribution in [0.1, 0.15) is 29.3 Å². The molecule has 1 atom stereocenters. The predicted octanol–water partition coefficient (Wildman–Crippen LogP) is 1.17. The van der Waals surface area contributed by atoms with Crippen LogP contribution in [0.2, 0.25) is 0 Å². The molecule has 2 aliphatic rings. The first kappa shape index (κ1) is 17.7. The number of urea groups is 1. The summed E-state index contributed by atoms with van der Waals surface area (Å²) in [6.07, 6.45) is 0.481. The molecule has 0 saturated carbocycles. The lowest BCUT2D eigenvalue weighted by Crippen LogP contribution is -2.41. The summed E-state index contributed by atoms with van der Waals surface area (Å²) >= 11 is 0. The van der Waals surface area contributed by atoms with Gasteiger partial charge in [-0.3, -0.25) is 9.69 Å². The number of rotatable bonds is 4. The van der Waals surface area contributed by atoms with Crippen LogP contribution in [-0.2, 0) is 9.84 Å². The Morgan fingerprint density at radius 2 is 2.16 bits per heavy atom. The molecule has 0 radical (unpaired) electrons. The minimum atomic E-state index is -3.06. The van der Waals surface area contributed by atoms with Gasteiger partial charge in [0.2, 0.25) is 0 Å². The third-order valence-corrected chi connectivity index (χ3v) is 6.60. The Morgan fingerprint density at radius 3 is 2.72 bits per heavy atom. The van der Waals surface area contributed by atoms with Crippen LogP contribution in [0.5, 0.6) is 0 Å². The van der Waals surface area contributed by atoms with Gasteiger partial charge < -0.3 is 10.2 Å². The van der Waals surface area contributed by atoms with Crippen LogP contribution in [-0.4, -0.2) is 62.4 Å². The maximum absolute atomic E-state index is 12.9. The largest absolute Gasteiger partial charge is 0.336 e. The minimum Gasteiger partial charge on any atom is -0.336 e. The third-order valence-electron chi connectivity index (χ3n) is 4.85. The van der Waals surface area contributed by atoms with E-state index in [-0.39, 0.29) is 29.5 Å². The van der Waals surface area contributed by atoms with E-state index in [0.717, 1.165) is 11.3 Å². The average Bonchev–Trinajstić information content (AvgIpc) is 3.14. The maximum Gasteiger partial charge on any atom is 0.322 e. The Kier molecular flexibility index (Phi) is 4.73. The summed E-state index contributed by atoms with van der Waals surface area (Å²) in [5.74, 6) is -0.0283. The van der Waals surface area contributed by atoms with Gasteiger partial charge in [0, 0.05) is 36.9 Å². The summed E-state index contributed by atoms with van der Waals surface area (Å²) < 4.78 is 23.5. The van der Waals surface area contributed by atoms with Gasteiger partial charge in [-0.2, -0.15) is 0 Å². The van der Waals surface area contributed by atoms with Gasteiger partial charge in [-0.05, 0) is 38.0 Å². The number of anilines is 1. The van der Waals surface area contributed by atoms with E-state index in [1.807, 2.05) is 19.9 Å². The number of hydrogen-bond acceptors (Lipinski definition) is 4. The number of sulfone groups is 1. The monoisotopic (exact) mass is 365 g/mol. The van der Waals surface area contributed by atoms with E-state index in [0.29, 0.717) is 31.6 Å². The molecule has 2 saturated heterocycles. The van der Waals surface area contributed by atoms with Crippen LogP contribution in [0.4, 0.5) is 10.5 Å². The number of benzene rings is 1. The molecule has 2 fully saturated rings. The van der Waals surface area contributed by atoms with Crippen molar-refractivity contribution in [1.82, 2.24) is 10.2 Å². The summed E-state index contributed by atoms with van der Waals surface area (Å²) in [5, 5.41) is 2.76. The second-order valence-electron chi connectivity index (χ2n) is 6.53. The topological polar surface area (TPSA) is 86.8 Å². The fourth-order valence-electron chi connectivity index (χ4n) is 3.49. The number of hydrogen-bond donors (Lipinski definition) is 1. The second-order valence-corrected chi connectivity index (χ2v) is 8.76. The molecule has 2 aliphatic heterocycles. The number of nitrogens with zero attached hydrogens (tertiary/aromatic N) is 2. The van der Waals surface area contributed by atoms with E-state index in [4.69, 9.17) is 0 Å². The van der Waals surface area contributed by atoms with Gasteiger partial charge in [-0.15, -0.1) is 0 Å². The molecular formula is C17H23N3O4S. The summed E-state index contributed by atoms with van der Waals surface area (Å²) in [4.78, 5) is 28.1. The molecule has 0 bridgehead atoms. The molecule has 3 rings (SSSR count). The van der Waals surface area contributed by atoms with Crippen LogP contribution in [0.25, 0.3) is 0 Å². The molecule has 3 amide bonds. The van der Waals surface area contributed by atoms with E-state index in [2.05, 4.69) is 5.32 Å². The minimum absolute atomic E-state index is 0.0276. The van der Waals surface area contributed by atoms with E-state index in [1.54, 1.807) is 21.9 Å². The van der Waals surface area contributed by atoms with Gasteiger partial charge in [0.15, 0.2) is 9.84 Å². The first-order valence-corrected chi connectivity index (χ1v) is 10.3. The van der Waals surface area contributed by atoms with Gasteiger partial charge >= 0.3 is 6.03 Å². The lowest BCUT2D eigenvalue weighted by atomic mass is 10.1. The van der Waals surface area contributed by atoms with Crippen LogP contribution in [0.15, 0.2) is 18.2 Å². The molecule has 1 aromatic carbocycles. The van der Waals surface area contributed by atoms with Crippen molar-refractivity contribution >= 4 is 27.5 Å². The van der Waals surface area contributed by atoms with Gasteiger partial charge in [-0.1, -0.05) is 6.07 Å². The zero-order chi connectivity index (χ0) is 18.2. The number of carbonyl (C=O) groups excluding carboxylic acids is 2. The lowest BCUT2D eigenvalue weighted by Gasteiger charge is -2.27. The van der Waals surface area contributed by atoms with Crippen molar-refractivity contribution in [3.63, 3.8) is 0 Å². The first-order valence-electron chi connectivity index (χ1n) is 8.50. The Hall–Kier alpha value is -2.09. The highest BCUT2D eigenvalue weighted by molar-refractivity contribution is 7.91. The van der Waals surface area contributed by atoms with Crippen molar-refractivity contribution in [2.75, 3.05) is 36.0 Å². The molecule has 0 spiro atoms. The summed E-state index contributed by atoms with van der Waals surface area (Å²) in [5.41, 5.74) is 2.11. The number of aryl methyl sites for hydroxylation is 1. The first-order chi connectivity index (χ1) is 11.8. The molecule has 8 heteroatoms. The molecule has 0 aromatic heterocycles. The smallest absolute Gasteiger partial charge is 0.322 e. The van der Waals surface area contributed by atoms with Crippen molar-refractivity contribution in [3.05, 3.63) is 29.3 Å². The fourth-order valence-corrected chi connectivity index (χ4v) is 5.22. The van der Waals surface area contributed by atoms with Crippen molar-refractivity contribution in [3.8, 4) is 0 Å². The van der Waals surface area contributed by atoms with Crippen LogP contribution in [0.3, 0.4) is 0 Å². The SMILES string of the molecule is CCN(C(=O)c1ccc(C)c(N2CCNC2=O)c1)C1CCS(=O)(=O)C1. The zero-order valence-corrected chi connectivity index (χ0v) is 15.3. The summed E-state index contributed by atoms with van der Waals surface area (Å²) in [7, 11) is -3.06. The molecule has 7 nitrogen and oxygen atoms in total. The highest BCUT2D eigenvalue weighted by Gasteiger charge is 2.34. The van der Waals surface area contributed by atoms with Gasteiger partial charge in [0.1, 0.15) is 0 Å². The second kappa shape index (κ2) is 6.67. The highest BCUT2D eigenvalue weighted by atomic mass is 32.2. The van der Waals surface area contributed by atoms with Gasteiger partial charge in [-0.25, -0.2) is 13.2 Å². The molecular weight excluding hydrogens is 342 g/mol. The zero-order valence-electron chi connectivity index (χ0n) is 14.5. The van der Waals surface area contributed by atoms with E-state index in [9.17, 15) is 18.0 Å². The number of carbonyl (C=O) groups is 2. The summed E-state index contributed by atoms with van der Waals surface area (Å²) in [6.45, 7) is 5.35. The van der Waals surface area contributed by atoms with Crippen molar-refractivity contribution in [2.45, 2.75) is 26.3 Å². The van der Waals surface area contributed by atoms with E-state index >= 15 is 0 Å². The predicted molar refractivity (Wildman–Crippen MR) is 95.7 cm³/mol. The van der Waals surface area contributed by atoms with E-state index in [1.165, 1.54) is 0 Å². The molecule has 2 heterocycles. The molecule has 1 aromatic rings. The standard InChI is InChI=1S/C17H23N3O4S/c1-3-19(14-6-9-25(23,24)11-14)16(21)13-5-4-12(2)15(10-13)20-8-7-18-17(20)22/h4-5,10,14H,3,6-9,11H2,1-2H3,(H,18,22). The van der Waals surface area contributed by atoms with E-state index < -0.39 is 9.84 Å².